The fourth-order valence-electron chi connectivity index (χ4n) is 2.92. The third-order valence-electron chi connectivity index (χ3n) is 4.25. The van der Waals surface area contributed by atoms with Crippen LogP contribution in [0.1, 0.15) is 33.6 Å². The van der Waals surface area contributed by atoms with Crippen molar-refractivity contribution in [1.82, 2.24) is 20.4 Å². The van der Waals surface area contributed by atoms with Crippen LogP contribution in [0.15, 0.2) is 4.99 Å². The van der Waals surface area contributed by atoms with Crippen LogP contribution >= 0.6 is 0 Å². The Kier molecular flexibility index (Phi) is 11.0. The largest absolute Gasteiger partial charge is 0.374 e. The molecule has 1 fully saturated rings. The monoisotopic (exact) mass is 341 g/mol. The minimum atomic E-state index is 0.239. The Balaban J connectivity index is 2.21. The summed E-state index contributed by atoms with van der Waals surface area (Å²) in [6.07, 6.45) is 2.74. The highest BCUT2D eigenvalue weighted by Crippen LogP contribution is 2.07. The summed E-state index contributed by atoms with van der Waals surface area (Å²) in [6, 6.07) is 0. The van der Waals surface area contributed by atoms with Gasteiger partial charge in [0.1, 0.15) is 0 Å². The molecule has 0 radical (unpaired) electrons. The van der Waals surface area contributed by atoms with Crippen molar-refractivity contribution >= 4 is 5.96 Å². The van der Waals surface area contributed by atoms with Crippen LogP contribution in [0.4, 0.5) is 0 Å². The molecule has 24 heavy (non-hydrogen) atoms. The molecule has 0 amide bonds. The van der Waals surface area contributed by atoms with Gasteiger partial charge in [-0.2, -0.15) is 0 Å². The van der Waals surface area contributed by atoms with Crippen molar-refractivity contribution in [3.63, 3.8) is 0 Å². The fourth-order valence-corrected chi connectivity index (χ4v) is 2.92. The SMILES string of the molecule is CCCCN(C)CCNC(=NC)NCC1CN(CC(C)C)CCO1. The lowest BCUT2D eigenvalue weighted by molar-refractivity contribution is -0.0284. The highest BCUT2D eigenvalue weighted by atomic mass is 16.5. The smallest absolute Gasteiger partial charge is 0.191 e. The van der Waals surface area contributed by atoms with Crippen molar-refractivity contribution in [3.05, 3.63) is 0 Å². The maximum Gasteiger partial charge on any atom is 0.191 e. The van der Waals surface area contributed by atoms with Crippen LogP contribution in [0, 0.1) is 5.92 Å². The molecule has 1 aliphatic rings. The molecule has 6 nitrogen and oxygen atoms in total. The van der Waals surface area contributed by atoms with Crippen molar-refractivity contribution in [2.24, 2.45) is 10.9 Å². The van der Waals surface area contributed by atoms with Gasteiger partial charge in [-0.15, -0.1) is 0 Å². The van der Waals surface area contributed by atoms with E-state index in [4.69, 9.17) is 4.74 Å². The van der Waals surface area contributed by atoms with Crippen LogP contribution in [0.2, 0.25) is 0 Å². The van der Waals surface area contributed by atoms with Crippen LogP contribution in [0.3, 0.4) is 0 Å². The summed E-state index contributed by atoms with van der Waals surface area (Å²) in [5.41, 5.74) is 0. The van der Waals surface area contributed by atoms with Crippen LogP contribution in [0.25, 0.3) is 0 Å². The third kappa shape index (κ3) is 9.45. The predicted molar refractivity (Wildman–Crippen MR) is 103 cm³/mol. The van der Waals surface area contributed by atoms with E-state index in [1.807, 2.05) is 7.05 Å². The number of guanidine groups is 1. The highest BCUT2D eigenvalue weighted by molar-refractivity contribution is 5.79. The van der Waals surface area contributed by atoms with E-state index in [-0.39, 0.29) is 6.10 Å². The van der Waals surface area contributed by atoms with Gasteiger partial charge in [-0.05, 0) is 25.9 Å². The van der Waals surface area contributed by atoms with Crippen LogP contribution in [-0.4, -0.2) is 88.4 Å². The fraction of sp³-hybridized carbons (Fsp3) is 0.944. The number of morpholine rings is 1. The maximum atomic E-state index is 5.88. The third-order valence-corrected chi connectivity index (χ3v) is 4.25. The lowest BCUT2D eigenvalue weighted by Crippen LogP contribution is -2.50. The first-order valence-electron chi connectivity index (χ1n) is 9.52. The summed E-state index contributed by atoms with van der Waals surface area (Å²) in [6.45, 7) is 14.7. The Hall–Kier alpha value is -0.850. The molecular weight excluding hydrogens is 302 g/mol. The standard InChI is InChI=1S/C18H39N5O/c1-6-7-9-22(5)10-8-20-18(19-4)21-13-17-15-23(11-12-24-17)14-16(2)3/h16-17H,6-15H2,1-5H3,(H2,19,20,21). The topological polar surface area (TPSA) is 52.1 Å². The minimum absolute atomic E-state index is 0.239. The van der Waals surface area contributed by atoms with Gasteiger partial charge in [-0.3, -0.25) is 9.89 Å². The molecule has 2 N–H and O–H groups in total. The second-order valence-corrected chi connectivity index (χ2v) is 7.18. The molecule has 142 valence electrons. The first-order valence-corrected chi connectivity index (χ1v) is 9.52. The number of aliphatic imine (C=N–C) groups is 1. The van der Waals surface area contributed by atoms with E-state index in [0.29, 0.717) is 5.92 Å². The summed E-state index contributed by atoms with van der Waals surface area (Å²) in [5.74, 6) is 1.57. The molecule has 0 aliphatic carbocycles. The van der Waals surface area contributed by atoms with Crippen molar-refractivity contribution in [3.8, 4) is 0 Å². The summed E-state index contributed by atoms with van der Waals surface area (Å²) < 4.78 is 5.88. The summed E-state index contributed by atoms with van der Waals surface area (Å²) in [7, 11) is 4.00. The van der Waals surface area contributed by atoms with E-state index in [1.165, 1.54) is 12.8 Å². The summed E-state index contributed by atoms with van der Waals surface area (Å²) >= 11 is 0. The second-order valence-electron chi connectivity index (χ2n) is 7.18. The number of hydrogen-bond donors (Lipinski definition) is 2. The van der Waals surface area contributed by atoms with E-state index in [0.717, 1.165) is 58.4 Å². The first-order chi connectivity index (χ1) is 11.5. The molecule has 0 spiro atoms. The molecule has 0 aromatic carbocycles. The van der Waals surface area contributed by atoms with Crippen molar-refractivity contribution in [2.45, 2.75) is 39.7 Å². The van der Waals surface area contributed by atoms with Crippen LogP contribution in [-0.2, 0) is 4.74 Å². The molecule has 0 saturated carbocycles. The van der Waals surface area contributed by atoms with Crippen LogP contribution in [0.5, 0.6) is 0 Å². The number of likely N-dealkylation sites (N-methyl/N-ethyl adjacent to an activating group) is 1. The van der Waals surface area contributed by atoms with E-state index in [9.17, 15) is 0 Å². The number of rotatable bonds is 10. The van der Waals surface area contributed by atoms with Crippen molar-refractivity contribution < 1.29 is 4.74 Å². The molecule has 1 rings (SSSR count). The van der Waals surface area contributed by atoms with Gasteiger partial charge in [0.2, 0.25) is 0 Å². The molecule has 1 heterocycles. The van der Waals surface area contributed by atoms with E-state index < -0.39 is 0 Å². The number of ether oxygens (including phenoxy) is 1. The van der Waals surface area contributed by atoms with Gasteiger partial charge < -0.3 is 20.3 Å². The van der Waals surface area contributed by atoms with Crippen molar-refractivity contribution in [2.75, 3.05) is 66.5 Å². The van der Waals surface area contributed by atoms with Gasteiger partial charge in [0.05, 0.1) is 12.7 Å². The number of unbranched alkanes of at least 4 members (excludes halogenated alkanes) is 1. The number of hydrogen-bond acceptors (Lipinski definition) is 4. The molecule has 0 aromatic heterocycles. The average molecular weight is 342 g/mol. The Bertz CT molecular complexity index is 348. The number of nitrogens with one attached hydrogen (secondary N) is 2. The van der Waals surface area contributed by atoms with Gasteiger partial charge in [0.15, 0.2) is 5.96 Å². The zero-order chi connectivity index (χ0) is 17.8. The van der Waals surface area contributed by atoms with Gasteiger partial charge in [0.25, 0.3) is 0 Å². The quantitative estimate of drug-likeness (QED) is 0.462. The van der Waals surface area contributed by atoms with Crippen molar-refractivity contribution in [1.29, 1.82) is 0 Å². The Labute approximate surface area is 149 Å². The maximum absolute atomic E-state index is 5.88. The molecule has 1 saturated heterocycles. The Morgan fingerprint density at radius 1 is 1.33 bits per heavy atom. The lowest BCUT2D eigenvalue weighted by atomic mass is 10.2. The first kappa shape index (κ1) is 21.2. The molecule has 1 unspecified atom stereocenters. The highest BCUT2D eigenvalue weighted by Gasteiger charge is 2.20. The molecule has 6 heteroatoms. The number of nitrogens with zero attached hydrogens (tertiary/aromatic N) is 3. The second kappa shape index (κ2) is 12.5. The van der Waals surface area contributed by atoms with E-state index in [1.54, 1.807) is 0 Å². The zero-order valence-corrected chi connectivity index (χ0v) is 16.5. The minimum Gasteiger partial charge on any atom is -0.374 e. The summed E-state index contributed by atoms with van der Waals surface area (Å²) in [5, 5.41) is 6.79. The molecular formula is C18H39N5O. The van der Waals surface area contributed by atoms with Gasteiger partial charge in [-0.1, -0.05) is 27.2 Å². The van der Waals surface area contributed by atoms with Gasteiger partial charge in [0, 0.05) is 46.3 Å². The summed E-state index contributed by atoms with van der Waals surface area (Å²) in [4.78, 5) is 9.16. The van der Waals surface area contributed by atoms with Gasteiger partial charge in [-0.25, -0.2) is 0 Å². The van der Waals surface area contributed by atoms with E-state index in [2.05, 4.69) is 53.2 Å². The Morgan fingerprint density at radius 3 is 2.79 bits per heavy atom. The zero-order valence-electron chi connectivity index (χ0n) is 16.5. The molecule has 1 atom stereocenters. The predicted octanol–water partition coefficient (Wildman–Crippen LogP) is 1.24. The molecule has 1 aliphatic heterocycles. The lowest BCUT2D eigenvalue weighted by Gasteiger charge is -2.34. The Morgan fingerprint density at radius 2 is 2.12 bits per heavy atom. The molecule has 0 bridgehead atoms. The van der Waals surface area contributed by atoms with Gasteiger partial charge >= 0.3 is 0 Å². The van der Waals surface area contributed by atoms with E-state index >= 15 is 0 Å². The molecule has 0 aromatic rings. The van der Waals surface area contributed by atoms with Crippen LogP contribution < -0.4 is 10.6 Å². The average Bonchev–Trinajstić information content (AvgIpc) is 2.55. The normalized spacial score (nSPS) is 20.0.